The van der Waals surface area contributed by atoms with Crippen LogP contribution in [-0.2, 0) is 21.4 Å². The average molecular weight is 420 g/mol. The number of hydrogen-bond donors (Lipinski definition) is 1. The summed E-state index contributed by atoms with van der Waals surface area (Å²) < 4.78 is 28.0. The van der Waals surface area contributed by atoms with E-state index < -0.39 is 10.0 Å². The fraction of sp³-hybridized carbons (Fsp3) is 0.500. The van der Waals surface area contributed by atoms with Crippen molar-refractivity contribution in [1.29, 1.82) is 0 Å². The van der Waals surface area contributed by atoms with Gasteiger partial charge in [0.05, 0.1) is 18.2 Å². The molecule has 28 heavy (non-hydrogen) atoms. The average Bonchev–Trinajstić information content (AvgIpc) is 3.37. The van der Waals surface area contributed by atoms with Gasteiger partial charge in [0.15, 0.2) is 0 Å². The van der Waals surface area contributed by atoms with Gasteiger partial charge in [-0.1, -0.05) is 31.4 Å². The molecule has 3 heterocycles. The first-order valence-corrected chi connectivity index (χ1v) is 12.0. The standard InChI is InChI=1S/C20H25N3O3S2/c24-19(22-13-16-7-2-5-11-21-16)17-14-23(15-20(17)9-3-1-4-10-20)28(25,26)18-8-6-12-27-18/h2,5-8,11-12,17H,1,3-4,9-10,13-15H2,(H,22,24)/t17-/m0/s1. The number of hydrogen-bond acceptors (Lipinski definition) is 5. The molecule has 0 bridgehead atoms. The van der Waals surface area contributed by atoms with Gasteiger partial charge >= 0.3 is 0 Å². The van der Waals surface area contributed by atoms with Crippen LogP contribution in [0.25, 0.3) is 0 Å². The summed E-state index contributed by atoms with van der Waals surface area (Å²) in [6.45, 7) is 1.06. The zero-order valence-electron chi connectivity index (χ0n) is 15.7. The van der Waals surface area contributed by atoms with Gasteiger partial charge in [-0.15, -0.1) is 11.3 Å². The number of carbonyl (C=O) groups excluding carboxylic acids is 1. The van der Waals surface area contributed by atoms with Crippen LogP contribution >= 0.6 is 11.3 Å². The highest BCUT2D eigenvalue weighted by molar-refractivity contribution is 7.91. The van der Waals surface area contributed by atoms with E-state index in [1.807, 2.05) is 18.2 Å². The summed E-state index contributed by atoms with van der Waals surface area (Å²) >= 11 is 1.23. The molecule has 2 fully saturated rings. The smallest absolute Gasteiger partial charge is 0.252 e. The predicted molar refractivity (Wildman–Crippen MR) is 108 cm³/mol. The first kappa shape index (κ1) is 19.5. The topological polar surface area (TPSA) is 79.4 Å². The molecule has 1 spiro atoms. The molecule has 150 valence electrons. The highest BCUT2D eigenvalue weighted by Crippen LogP contribution is 2.49. The van der Waals surface area contributed by atoms with E-state index in [9.17, 15) is 13.2 Å². The predicted octanol–water partition coefficient (Wildman–Crippen LogP) is 3.03. The third-order valence-corrected chi connectivity index (χ3v) is 9.23. The van der Waals surface area contributed by atoms with Gasteiger partial charge in [-0.25, -0.2) is 8.42 Å². The highest BCUT2D eigenvalue weighted by atomic mass is 32.2. The molecule has 6 nitrogen and oxygen atoms in total. The minimum absolute atomic E-state index is 0.0589. The van der Waals surface area contributed by atoms with Crippen molar-refractivity contribution in [1.82, 2.24) is 14.6 Å². The maximum atomic E-state index is 13.1. The molecule has 1 atom stereocenters. The Kier molecular flexibility index (Phi) is 5.53. The van der Waals surface area contributed by atoms with Crippen molar-refractivity contribution >= 4 is 27.3 Å². The second-order valence-corrected chi connectivity index (χ2v) is 10.9. The van der Waals surface area contributed by atoms with Gasteiger partial charge in [0.2, 0.25) is 5.91 Å². The van der Waals surface area contributed by atoms with Crippen LogP contribution in [0.5, 0.6) is 0 Å². The van der Waals surface area contributed by atoms with E-state index in [2.05, 4.69) is 10.3 Å². The lowest BCUT2D eigenvalue weighted by Crippen LogP contribution is -2.42. The molecule has 1 saturated carbocycles. The molecule has 1 saturated heterocycles. The van der Waals surface area contributed by atoms with Crippen LogP contribution in [0.4, 0.5) is 0 Å². The summed E-state index contributed by atoms with van der Waals surface area (Å²) in [5, 5.41) is 4.77. The Morgan fingerprint density at radius 2 is 2.04 bits per heavy atom. The van der Waals surface area contributed by atoms with Crippen LogP contribution < -0.4 is 5.32 Å². The quantitative estimate of drug-likeness (QED) is 0.808. The number of thiophene rings is 1. The van der Waals surface area contributed by atoms with Crippen LogP contribution in [0.15, 0.2) is 46.1 Å². The summed E-state index contributed by atoms with van der Waals surface area (Å²) in [4.78, 5) is 17.3. The molecule has 1 amide bonds. The van der Waals surface area contributed by atoms with E-state index in [4.69, 9.17) is 0 Å². The number of nitrogens with zero attached hydrogens (tertiary/aromatic N) is 2. The maximum Gasteiger partial charge on any atom is 0.252 e. The van der Waals surface area contributed by atoms with Gasteiger partial charge in [0.1, 0.15) is 4.21 Å². The monoisotopic (exact) mass is 419 g/mol. The molecule has 1 aliphatic carbocycles. The molecule has 0 unspecified atom stereocenters. The summed E-state index contributed by atoms with van der Waals surface area (Å²) in [5.74, 6) is -0.373. The number of amides is 1. The van der Waals surface area contributed by atoms with E-state index in [-0.39, 0.29) is 23.8 Å². The van der Waals surface area contributed by atoms with Crippen molar-refractivity contribution in [2.45, 2.75) is 42.9 Å². The van der Waals surface area contributed by atoms with E-state index in [1.165, 1.54) is 15.6 Å². The summed E-state index contributed by atoms with van der Waals surface area (Å²) in [6, 6.07) is 9.00. The number of carbonyl (C=O) groups is 1. The van der Waals surface area contributed by atoms with Gasteiger partial charge in [0.25, 0.3) is 10.0 Å². The SMILES string of the molecule is O=C(NCc1ccccn1)[C@@H]1CN(S(=O)(=O)c2cccs2)CC12CCCCC2. The van der Waals surface area contributed by atoms with E-state index >= 15 is 0 Å². The zero-order chi connectivity index (χ0) is 19.6. The normalized spacial score (nSPS) is 22.4. The van der Waals surface area contributed by atoms with Gasteiger partial charge in [0, 0.05) is 19.3 Å². The second-order valence-electron chi connectivity index (χ2n) is 7.74. The minimum Gasteiger partial charge on any atom is -0.350 e. The van der Waals surface area contributed by atoms with E-state index in [0.717, 1.165) is 37.8 Å². The molecular formula is C20H25N3O3S2. The summed E-state index contributed by atoms with van der Waals surface area (Å²) in [7, 11) is -3.54. The fourth-order valence-corrected chi connectivity index (χ4v) is 7.27. The second kappa shape index (κ2) is 7.93. The lowest BCUT2D eigenvalue weighted by molar-refractivity contribution is -0.128. The zero-order valence-corrected chi connectivity index (χ0v) is 17.3. The third kappa shape index (κ3) is 3.73. The third-order valence-electron chi connectivity index (χ3n) is 6.04. The maximum absolute atomic E-state index is 13.1. The first-order valence-electron chi connectivity index (χ1n) is 9.73. The molecule has 0 radical (unpaired) electrons. The van der Waals surface area contributed by atoms with Gasteiger partial charge < -0.3 is 5.32 Å². The van der Waals surface area contributed by atoms with Gasteiger partial charge in [-0.2, -0.15) is 4.31 Å². The Morgan fingerprint density at radius 1 is 1.21 bits per heavy atom. The van der Waals surface area contributed by atoms with Crippen LogP contribution in [0.3, 0.4) is 0 Å². The Morgan fingerprint density at radius 3 is 2.71 bits per heavy atom. The van der Waals surface area contributed by atoms with E-state index in [1.54, 1.807) is 23.7 Å². The molecule has 2 aliphatic rings. The summed E-state index contributed by atoms with van der Waals surface area (Å²) in [6.07, 6.45) is 6.78. The molecular weight excluding hydrogens is 394 g/mol. The van der Waals surface area contributed by atoms with Gasteiger partial charge in [-0.3, -0.25) is 9.78 Å². The lowest BCUT2D eigenvalue weighted by Gasteiger charge is -2.37. The van der Waals surface area contributed by atoms with E-state index in [0.29, 0.717) is 17.3 Å². The van der Waals surface area contributed by atoms with Crippen molar-refractivity contribution < 1.29 is 13.2 Å². The Balaban J connectivity index is 1.54. The first-order chi connectivity index (χ1) is 13.5. The molecule has 2 aromatic heterocycles. The highest BCUT2D eigenvalue weighted by Gasteiger charge is 2.53. The number of nitrogens with one attached hydrogen (secondary N) is 1. The van der Waals surface area contributed by atoms with Crippen molar-refractivity contribution in [3.63, 3.8) is 0 Å². The Bertz CT molecular complexity index is 907. The number of aromatic nitrogens is 1. The van der Waals surface area contributed by atoms with Gasteiger partial charge in [-0.05, 0) is 41.8 Å². The van der Waals surface area contributed by atoms with Crippen LogP contribution in [0.1, 0.15) is 37.8 Å². The largest absolute Gasteiger partial charge is 0.350 e. The number of rotatable bonds is 5. The molecule has 4 rings (SSSR count). The van der Waals surface area contributed by atoms with Crippen molar-refractivity contribution in [2.24, 2.45) is 11.3 Å². The summed E-state index contributed by atoms with van der Waals surface area (Å²) in [5.41, 5.74) is 0.547. The number of pyridine rings is 1. The molecule has 1 N–H and O–H groups in total. The van der Waals surface area contributed by atoms with Crippen LogP contribution in [0.2, 0.25) is 0 Å². The Labute approximate surface area is 170 Å². The van der Waals surface area contributed by atoms with Crippen molar-refractivity contribution in [3.05, 3.63) is 47.6 Å². The van der Waals surface area contributed by atoms with Crippen molar-refractivity contribution in [2.75, 3.05) is 13.1 Å². The molecule has 8 heteroatoms. The molecule has 1 aliphatic heterocycles. The number of sulfonamides is 1. The molecule has 0 aromatic carbocycles. The van der Waals surface area contributed by atoms with Crippen LogP contribution in [-0.4, -0.2) is 36.7 Å². The molecule has 2 aromatic rings. The minimum atomic E-state index is -3.54. The fourth-order valence-electron chi connectivity index (χ4n) is 4.57. The Hall–Kier alpha value is -1.77. The van der Waals surface area contributed by atoms with Crippen LogP contribution in [0, 0.1) is 11.3 Å². The lowest BCUT2D eigenvalue weighted by atomic mass is 9.67. The van der Waals surface area contributed by atoms with Crippen molar-refractivity contribution in [3.8, 4) is 0 Å².